The number of benzene rings is 1. The molecule has 0 aliphatic heterocycles. The summed E-state index contributed by atoms with van der Waals surface area (Å²) in [5.41, 5.74) is 1.61. The first kappa shape index (κ1) is 16.9. The van der Waals surface area contributed by atoms with Gasteiger partial charge in [-0.15, -0.1) is 0 Å². The maximum Gasteiger partial charge on any atom is 0.328 e. The fraction of sp³-hybridized carbons (Fsp3) is 0.389. The van der Waals surface area contributed by atoms with Crippen molar-refractivity contribution in [3.8, 4) is 0 Å². The molecule has 1 aromatic carbocycles. The van der Waals surface area contributed by atoms with E-state index in [1.165, 1.54) is 6.92 Å². The van der Waals surface area contributed by atoms with Gasteiger partial charge in [-0.05, 0) is 24.8 Å². The zero-order valence-electron chi connectivity index (χ0n) is 13.3. The molecular weight excluding hydrogens is 294 g/mol. The second-order valence-corrected chi connectivity index (χ2v) is 5.70. The van der Waals surface area contributed by atoms with Gasteiger partial charge < -0.3 is 10.2 Å². The lowest BCUT2D eigenvalue weighted by Crippen LogP contribution is -2.28. The molecule has 1 aliphatic rings. The summed E-state index contributed by atoms with van der Waals surface area (Å²) in [6.07, 6.45) is 1.06. The minimum absolute atomic E-state index is 0.0159. The van der Waals surface area contributed by atoms with Gasteiger partial charge in [-0.3, -0.25) is 9.79 Å². The van der Waals surface area contributed by atoms with Crippen molar-refractivity contribution >= 4 is 17.5 Å². The van der Waals surface area contributed by atoms with Crippen LogP contribution in [-0.4, -0.2) is 33.7 Å². The van der Waals surface area contributed by atoms with Gasteiger partial charge in [-0.2, -0.15) is 0 Å². The molecule has 1 fully saturated rings. The van der Waals surface area contributed by atoms with Crippen LogP contribution in [0.25, 0.3) is 0 Å². The molecule has 1 aromatic rings. The van der Waals surface area contributed by atoms with E-state index < -0.39 is 12.0 Å². The van der Waals surface area contributed by atoms with E-state index in [1.54, 1.807) is 6.92 Å². The number of hydrogen-bond acceptors (Lipinski definition) is 4. The summed E-state index contributed by atoms with van der Waals surface area (Å²) >= 11 is 0. The molecule has 0 bridgehead atoms. The van der Waals surface area contributed by atoms with E-state index in [4.69, 9.17) is 5.11 Å². The second-order valence-electron chi connectivity index (χ2n) is 5.70. The normalized spacial score (nSPS) is 23.7. The van der Waals surface area contributed by atoms with E-state index in [9.17, 15) is 14.7 Å². The van der Waals surface area contributed by atoms with E-state index in [-0.39, 0.29) is 23.0 Å². The Balaban J connectivity index is 2.43. The molecule has 5 heteroatoms. The van der Waals surface area contributed by atoms with Crippen molar-refractivity contribution in [2.45, 2.75) is 45.1 Å². The van der Waals surface area contributed by atoms with Gasteiger partial charge in [-0.25, -0.2) is 4.79 Å². The number of nitrogens with zero attached hydrogens (tertiary/aromatic N) is 1. The van der Waals surface area contributed by atoms with Gasteiger partial charge in [0.1, 0.15) is 11.8 Å². The summed E-state index contributed by atoms with van der Waals surface area (Å²) < 4.78 is 0. The average molecular weight is 315 g/mol. The molecule has 0 aromatic heterocycles. The molecule has 0 spiro atoms. The zero-order valence-corrected chi connectivity index (χ0v) is 13.3. The quantitative estimate of drug-likeness (QED) is 0.659. The molecule has 2 unspecified atom stereocenters. The van der Waals surface area contributed by atoms with Crippen LogP contribution in [0.1, 0.15) is 44.6 Å². The Morgan fingerprint density at radius 1 is 1.26 bits per heavy atom. The number of aliphatic hydroxyl groups excluding tert-OH is 1. The minimum Gasteiger partial charge on any atom is -0.512 e. The van der Waals surface area contributed by atoms with Crippen molar-refractivity contribution in [3.05, 3.63) is 47.2 Å². The molecule has 122 valence electrons. The maximum atomic E-state index is 12.5. The summed E-state index contributed by atoms with van der Waals surface area (Å²) in [4.78, 5) is 27.8. The number of carbonyl (C=O) groups excluding carboxylic acids is 1. The van der Waals surface area contributed by atoms with Crippen molar-refractivity contribution < 1.29 is 19.8 Å². The first-order valence-corrected chi connectivity index (χ1v) is 7.74. The first-order valence-electron chi connectivity index (χ1n) is 7.74. The lowest BCUT2D eigenvalue weighted by molar-refractivity contribution is -0.138. The monoisotopic (exact) mass is 315 g/mol. The van der Waals surface area contributed by atoms with E-state index in [0.717, 1.165) is 5.56 Å². The van der Waals surface area contributed by atoms with Gasteiger partial charge in [0.15, 0.2) is 5.78 Å². The number of hydrogen-bond donors (Lipinski definition) is 2. The average Bonchev–Trinajstić information content (AvgIpc) is 2.54. The smallest absolute Gasteiger partial charge is 0.328 e. The molecule has 0 saturated heterocycles. The maximum absolute atomic E-state index is 12.5. The summed E-state index contributed by atoms with van der Waals surface area (Å²) in [5.74, 6) is -1.29. The van der Waals surface area contributed by atoms with Crippen LogP contribution < -0.4 is 0 Å². The van der Waals surface area contributed by atoms with Crippen molar-refractivity contribution in [1.82, 2.24) is 0 Å². The second kappa shape index (κ2) is 7.22. The Bertz CT molecular complexity index is 661. The Morgan fingerprint density at radius 2 is 1.91 bits per heavy atom. The van der Waals surface area contributed by atoms with Gasteiger partial charge in [0, 0.05) is 12.8 Å². The van der Waals surface area contributed by atoms with Gasteiger partial charge in [0.05, 0.1) is 11.3 Å². The first-order chi connectivity index (χ1) is 10.9. The predicted octanol–water partition coefficient (Wildman–Crippen LogP) is 3.27. The van der Waals surface area contributed by atoms with Gasteiger partial charge in [-0.1, -0.05) is 37.3 Å². The van der Waals surface area contributed by atoms with Gasteiger partial charge in [0.2, 0.25) is 0 Å². The van der Waals surface area contributed by atoms with E-state index in [1.807, 2.05) is 30.3 Å². The van der Waals surface area contributed by atoms with Crippen LogP contribution in [0.4, 0.5) is 0 Å². The largest absolute Gasteiger partial charge is 0.512 e. The third kappa shape index (κ3) is 3.86. The van der Waals surface area contributed by atoms with E-state index >= 15 is 0 Å². The number of aliphatic imine (C=N–C) groups is 1. The van der Waals surface area contributed by atoms with Crippen molar-refractivity contribution in [2.24, 2.45) is 4.99 Å². The Kier molecular flexibility index (Phi) is 5.32. The third-order valence-corrected chi connectivity index (χ3v) is 4.04. The van der Waals surface area contributed by atoms with E-state index in [2.05, 4.69) is 4.99 Å². The number of rotatable bonds is 4. The molecule has 2 rings (SSSR count). The van der Waals surface area contributed by atoms with Crippen molar-refractivity contribution in [1.29, 1.82) is 0 Å². The number of carboxylic acid groups (broad SMARTS) is 1. The topological polar surface area (TPSA) is 87.0 Å². The summed E-state index contributed by atoms with van der Waals surface area (Å²) in [6, 6.07) is 8.67. The minimum atomic E-state index is -1.05. The molecule has 1 aliphatic carbocycles. The van der Waals surface area contributed by atoms with Crippen LogP contribution in [0.2, 0.25) is 0 Å². The van der Waals surface area contributed by atoms with Gasteiger partial charge in [0.25, 0.3) is 0 Å². The number of aliphatic hydroxyl groups is 1. The lowest BCUT2D eigenvalue weighted by atomic mass is 9.78. The Labute approximate surface area is 135 Å². The summed E-state index contributed by atoms with van der Waals surface area (Å²) in [7, 11) is 0. The highest BCUT2D eigenvalue weighted by molar-refractivity contribution is 6.25. The van der Waals surface area contributed by atoms with Gasteiger partial charge >= 0.3 is 5.97 Å². The SMILES string of the molecule is CC/C(O)=C1/C(=O)CC(c2ccccc2)CC1=NC(C)C(=O)O. The van der Waals surface area contributed by atoms with Crippen LogP contribution in [0.15, 0.2) is 46.7 Å². The number of allylic oxidation sites excluding steroid dienone is 2. The molecule has 23 heavy (non-hydrogen) atoms. The molecular formula is C18H21NO4. The van der Waals surface area contributed by atoms with Crippen LogP contribution in [-0.2, 0) is 9.59 Å². The molecule has 0 amide bonds. The fourth-order valence-corrected chi connectivity index (χ4v) is 2.77. The van der Waals surface area contributed by atoms with Crippen LogP contribution >= 0.6 is 0 Å². The van der Waals surface area contributed by atoms with E-state index in [0.29, 0.717) is 25.0 Å². The number of carbonyl (C=O) groups is 2. The Morgan fingerprint density at radius 3 is 2.48 bits per heavy atom. The molecule has 2 atom stereocenters. The lowest BCUT2D eigenvalue weighted by Gasteiger charge is -2.26. The number of ketones is 1. The molecule has 1 saturated carbocycles. The summed E-state index contributed by atoms with van der Waals surface area (Å²) in [6.45, 7) is 3.21. The predicted molar refractivity (Wildman–Crippen MR) is 87.9 cm³/mol. The standard InChI is InChI=1S/C18H21NO4/c1-3-15(20)17-14(19-11(2)18(22)23)9-13(10-16(17)21)12-7-5-4-6-8-12/h4-8,11,13,20H,3,9-10H2,1-2H3,(H,22,23)/b17-15-,19-14?. The van der Waals surface area contributed by atoms with Crippen molar-refractivity contribution in [2.75, 3.05) is 0 Å². The molecule has 0 radical (unpaired) electrons. The third-order valence-electron chi connectivity index (χ3n) is 4.04. The Hall–Kier alpha value is -2.43. The highest BCUT2D eigenvalue weighted by Crippen LogP contribution is 2.33. The highest BCUT2D eigenvalue weighted by atomic mass is 16.4. The number of aliphatic carboxylic acids is 1. The summed E-state index contributed by atoms with van der Waals surface area (Å²) in [5, 5.41) is 19.1. The van der Waals surface area contributed by atoms with Crippen LogP contribution in [0.3, 0.4) is 0 Å². The molecule has 0 heterocycles. The molecule has 2 N–H and O–H groups in total. The number of carboxylic acids is 1. The fourth-order valence-electron chi connectivity index (χ4n) is 2.77. The van der Waals surface area contributed by atoms with Crippen molar-refractivity contribution in [3.63, 3.8) is 0 Å². The van der Waals surface area contributed by atoms with Crippen LogP contribution in [0.5, 0.6) is 0 Å². The highest BCUT2D eigenvalue weighted by Gasteiger charge is 2.32. The van der Waals surface area contributed by atoms with Crippen LogP contribution in [0, 0.1) is 0 Å². The molecule has 5 nitrogen and oxygen atoms in total. The zero-order chi connectivity index (χ0) is 17.0. The number of Topliss-reactive ketones (excluding diaryl/α,β-unsaturated/α-hetero) is 1.